The lowest BCUT2D eigenvalue weighted by molar-refractivity contribution is -0.153. The largest absolute Gasteiger partial charge is 0.454 e. The summed E-state index contributed by atoms with van der Waals surface area (Å²) in [6.45, 7) is 0.550. The van der Waals surface area contributed by atoms with Gasteiger partial charge in [0.05, 0.1) is 23.1 Å². The number of carbonyl (C=O) groups excluding carboxylic acids is 3. The summed E-state index contributed by atoms with van der Waals surface area (Å²) >= 11 is 0. The molecule has 0 bridgehead atoms. The molecule has 0 radical (unpaired) electrons. The van der Waals surface area contributed by atoms with Crippen molar-refractivity contribution in [2.45, 2.75) is 13.0 Å². The normalized spacial score (nSPS) is 12.8. The lowest BCUT2D eigenvalue weighted by Gasteiger charge is -2.16. The number of rotatable bonds is 3. The number of benzene rings is 1. The fourth-order valence-corrected chi connectivity index (χ4v) is 2.32. The average Bonchev–Trinajstić information content (AvgIpc) is 2.61. The molecule has 2 amide bonds. The number of amides is 2. The minimum absolute atomic E-state index is 0.0118. The van der Waals surface area contributed by atoms with Gasteiger partial charge in [0.15, 0.2) is 0 Å². The van der Waals surface area contributed by atoms with Gasteiger partial charge >= 0.3 is 11.9 Å². The number of aromatic nitrogens is 1. The van der Waals surface area contributed by atoms with Gasteiger partial charge in [-0.1, -0.05) is 30.3 Å². The molecular formula is C17H15N3O4. The van der Waals surface area contributed by atoms with E-state index in [0.29, 0.717) is 24.2 Å². The van der Waals surface area contributed by atoms with E-state index in [0.717, 1.165) is 5.56 Å². The van der Waals surface area contributed by atoms with Crippen molar-refractivity contribution in [3.05, 3.63) is 59.4 Å². The van der Waals surface area contributed by atoms with Crippen LogP contribution in [-0.2, 0) is 27.4 Å². The van der Waals surface area contributed by atoms with Crippen molar-refractivity contribution in [3.63, 3.8) is 0 Å². The number of nitrogens with one attached hydrogen (secondary N) is 2. The molecule has 1 aromatic carbocycles. The minimum atomic E-state index is -0.999. The Labute approximate surface area is 138 Å². The van der Waals surface area contributed by atoms with Crippen LogP contribution in [0.3, 0.4) is 0 Å². The van der Waals surface area contributed by atoms with Crippen molar-refractivity contribution in [1.29, 1.82) is 0 Å². The number of carbonyl (C=O) groups is 3. The van der Waals surface area contributed by atoms with Crippen molar-refractivity contribution in [2.24, 2.45) is 0 Å². The van der Waals surface area contributed by atoms with Crippen LogP contribution < -0.4 is 10.6 Å². The highest BCUT2D eigenvalue weighted by molar-refractivity contribution is 6.37. The summed E-state index contributed by atoms with van der Waals surface area (Å²) in [5.41, 5.74) is 2.12. The number of fused-ring (bicyclic) bond motifs is 1. The van der Waals surface area contributed by atoms with E-state index in [2.05, 4.69) is 15.6 Å². The van der Waals surface area contributed by atoms with E-state index in [1.807, 2.05) is 18.2 Å². The van der Waals surface area contributed by atoms with Gasteiger partial charge in [0.25, 0.3) is 5.91 Å². The molecule has 0 fully saturated rings. The molecular weight excluding hydrogens is 310 g/mol. The van der Waals surface area contributed by atoms with Crippen LogP contribution in [-0.4, -0.2) is 29.3 Å². The monoisotopic (exact) mass is 325 g/mol. The Balaban J connectivity index is 1.61. The van der Waals surface area contributed by atoms with Crippen LogP contribution in [0.25, 0.3) is 0 Å². The Morgan fingerprint density at radius 2 is 2.04 bits per heavy atom. The third-order valence-electron chi connectivity index (χ3n) is 3.52. The number of esters is 1. The first-order valence-corrected chi connectivity index (χ1v) is 7.42. The van der Waals surface area contributed by atoms with Crippen molar-refractivity contribution in [1.82, 2.24) is 10.3 Å². The molecule has 0 aliphatic carbocycles. The molecule has 0 unspecified atom stereocenters. The molecule has 1 aromatic heterocycles. The van der Waals surface area contributed by atoms with Gasteiger partial charge in [0.2, 0.25) is 0 Å². The van der Waals surface area contributed by atoms with Crippen molar-refractivity contribution >= 4 is 23.5 Å². The van der Waals surface area contributed by atoms with E-state index in [1.165, 1.54) is 12.3 Å². The lowest BCUT2D eigenvalue weighted by atomic mass is 10.1. The van der Waals surface area contributed by atoms with Crippen molar-refractivity contribution in [3.8, 4) is 0 Å². The average molecular weight is 325 g/mol. The van der Waals surface area contributed by atoms with E-state index in [-0.39, 0.29) is 18.2 Å². The standard InChI is InChI=1S/C17H15N3O4/c21-15-13-8-12(9-19-14(13)6-7-18-15)20-16(22)17(23)24-10-11-4-2-1-3-5-11/h1-5,8-9H,6-7,10H2,(H,18,21)(H,20,22). The molecule has 2 heterocycles. The summed E-state index contributed by atoms with van der Waals surface area (Å²) < 4.78 is 4.95. The van der Waals surface area contributed by atoms with Gasteiger partial charge in [-0.15, -0.1) is 0 Å². The predicted octanol–water partition coefficient (Wildman–Crippen LogP) is 1.05. The number of pyridine rings is 1. The Bertz CT molecular complexity index is 790. The van der Waals surface area contributed by atoms with E-state index in [4.69, 9.17) is 4.74 Å². The Morgan fingerprint density at radius 3 is 2.83 bits per heavy atom. The van der Waals surface area contributed by atoms with Gasteiger partial charge in [-0.25, -0.2) is 4.79 Å². The van der Waals surface area contributed by atoms with Crippen LogP contribution in [0.1, 0.15) is 21.6 Å². The number of hydrogen-bond donors (Lipinski definition) is 2. The van der Waals surface area contributed by atoms with Crippen LogP contribution in [0, 0.1) is 0 Å². The second-order valence-electron chi connectivity index (χ2n) is 5.24. The third-order valence-corrected chi connectivity index (χ3v) is 3.52. The molecule has 3 rings (SSSR count). The smallest absolute Gasteiger partial charge is 0.397 e. The highest BCUT2D eigenvalue weighted by Gasteiger charge is 2.20. The van der Waals surface area contributed by atoms with E-state index < -0.39 is 11.9 Å². The molecule has 1 aliphatic heterocycles. The molecule has 122 valence electrons. The number of anilines is 1. The maximum Gasteiger partial charge on any atom is 0.397 e. The van der Waals surface area contributed by atoms with Crippen LogP contribution in [0.4, 0.5) is 5.69 Å². The van der Waals surface area contributed by atoms with Gasteiger partial charge < -0.3 is 15.4 Å². The SMILES string of the molecule is O=C(Nc1cnc2c(c1)C(=O)NCC2)C(=O)OCc1ccccc1. The molecule has 7 nitrogen and oxygen atoms in total. The summed E-state index contributed by atoms with van der Waals surface area (Å²) in [5, 5.41) is 5.09. The summed E-state index contributed by atoms with van der Waals surface area (Å²) in [7, 11) is 0. The zero-order valence-corrected chi connectivity index (χ0v) is 12.7. The van der Waals surface area contributed by atoms with E-state index in [9.17, 15) is 14.4 Å². The highest BCUT2D eigenvalue weighted by atomic mass is 16.5. The summed E-state index contributed by atoms with van der Waals surface area (Å²) in [6, 6.07) is 10.5. The molecule has 0 saturated carbocycles. The molecule has 2 aromatic rings. The van der Waals surface area contributed by atoms with Crippen LogP contribution in [0.5, 0.6) is 0 Å². The van der Waals surface area contributed by atoms with Crippen molar-refractivity contribution < 1.29 is 19.1 Å². The zero-order chi connectivity index (χ0) is 16.9. The van der Waals surface area contributed by atoms with Crippen LogP contribution in [0.2, 0.25) is 0 Å². The maximum absolute atomic E-state index is 11.9. The maximum atomic E-state index is 11.9. The quantitative estimate of drug-likeness (QED) is 0.649. The fourth-order valence-electron chi connectivity index (χ4n) is 2.32. The Hall–Kier alpha value is -3.22. The van der Waals surface area contributed by atoms with Crippen molar-refractivity contribution in [2.75, 3.05) is 11.9 Å². The third kappa shape index (κ3) is 3.57. The number of ether oxygens (including phenoxy) is 1. The van der Waals surface area contributed by atoms with Gasteiger partial charge in [0, 0.05) is 13.0 Å². The number of hydrogen-bond acceptors (Lipinski definition) is 5. The van der Waals surface area contributed by atoms with Gasteiger partial charge in [-0.2, -0.15) is 0 Å². The Kier molecular flexibility index (Phi) is 4.51. The molecule has 7 heteroatoms. The lowest BCUT2D eigenvalue weighted by Crippen LogP contribution is -2.33. The molecule has 1 aliphatic rings. The van der Waals surface area contributed by atoms with Crippen LogP contribution in [0.15, 0.2) is 42.6 Å². The topological polar surface area (TPSA) is 97.4 Å². The second kappa shape index (κ2) is 6.91. The van der Waals surface area contributed by atoms with E-state index in [1.54, 1.807) is 12.1 Å². The first-order valence-electron chi connectivity index (χ1n) is 7.42. The molecule has 24 heavy (non-hydrogen) atoms. The first kappa shape index (κ1) is 15.7. The summed E-state index contributed by atoms with van der Waals surface area (Å²) in [6.07, 6.45) is 2.05. The fraction of sp³-hybridized carbons (Fsp3) is 0.176. The van der Waals surface area contributed by atoms with E-state index >= 15 is 0 Å². The number of nitrogens with zero attached hydrogens (tertiary/aromatic N) is 1. The van der Waals surface area contributed by atoms with Gasteiger partial charge in [0.1, 0.15) is 6.61 Å². The second-order valence-corrected chi connectivity index (χ2v) is 5.24. The minimum Gasteiger partial charge on any atom is -0.454 e. The van der Waals surface area contributed by atoms with Gasteiger partial charge in [-0.3, -0.25) is 14.6 Å². The highest BCUT2D eigenvalue weighted by Crippen LogP contribution is 2.16. The zero-order valence-electron chi connectivity index (χ0n) is 12.7. The molecule has 0 spiro atoms. The molecule has 0 atom stereocenters. The Morgan fingerprint density at radius 1 is 1.25 bits per heavy atom. The van der Waals surface area contributed by atoms with Gasteiger partial charge in [-0.05, 0) is 11.6 Å². The van der Waals surface area contributed by atoms with Crippen LogP contribution >= 0.6 is 0 Å². The molecule has 2 N–H and O–H groups in total. The summed E-state index contributed by atoms with van der Waals surface area (Å²) in [4.78, 5) is 39.5. The first-order chi connectivity index (χ1) is 11.6. The molecule has 0 saturated heterocycles. The predicted molar refractivity (Wildman–Crippen MR) is 85.1 cm³/mol. The summed E-state index contributed by atoms with van der Waals surface area (Å²) in [5.74, 6) is -2.16.